The fourth-order valence-electron chi connectivity index (χ4n) is 1.48. The molecular weight excluding hydrogens is 254 g/mol. The molecule has 100 valence electrons. The summed E-state index contributed by atoms with van der Waals surface area (Å²) in [7, 11) is 1.58. The van der Waals surface area contributed by atoms with Crippen LogP contribution in [0.4, 0.5) is 0 Å². The quantitative estimate of drug-likeness (QED) is 0.611. The SMILES string of the molecule is CCOC(=O)CCNCc1ccc(OC)c(Cl)c1. The summed E-state index contributed by atoms with van der Waals surface area (Å²) in [5, 5.41) is 3.74. The largest absolute Gasteiger partial charge is 0.495 e. The Bertz CT molecular complexity index is 396. The third-order valence-corrected chi connectivity index (χ3v) is 2.65. The number of carbonyl (C=O) groups excluding carboxylic acids is 1. The number of methoxy groups -OCH3 is 1. The molecule has 1 aromatic carbocycles. The normalized spacial score (nSPS) is 10.2. The van der Waals surface area contributed by atoms with Crippen LogP contribution in [-0.4, -0.2) is 26.2 Å². The molecule has 0 amide bonds. The van der Waals surface area contributed by atoms with E-state index in [1.165, 1.54) is 0 Å². The number of carbonyl (C=O) groups is 1. The van der Waals surface area contributed by atoms with Gasteiger partial charge in [-0.25, -0.2) is 0 Å². The number of hydrogen-bond donors (Lipinski definition) is 1. The van der Waals surface area contributed by atoms with Crippen molar-refractivity contribution < 1.29 is 14.3 Å². The van der Waals surface area contributed by atoms with Gasteiger partial charge in [0.25, 0.3) is 0 Å². The first-order valence-corrected chi connectivity index (χ1v) is 6.24. The number of halogens is 1. The number of hydrogen-bond acceptors (Lipinski definition) is 4. The number of esters is 1. The highest BCUT2D eigenvalue weighted by Gasteiger charge is 2.03. The molecule has 0 fully saturated rings. The number of rotatable bonds is 7. The van der Waals surface area contributed by atoms with Crippen molar-refractivity contribution in [2.45, 2.75) is 19.9 Å². The highest BCUT2D eigenvalue weighted by Crippen LogP contribution is 2.24. The van der Waals surface area contributed by atoms with Gasteiger partial charge < -0.3 is 14.8 Å². The number of ether oxygens (including phenoxy) is 2. The van der Waals surface area contributed by atoms with Gasteiger partial charge >= 0.3 is 5.97 Å². The third-order valence-electron chi connectivity index (χ3n) is 2.36. The predicted molar refractivity (Wildman–Crippen MR) is 71.0 cm³/mol. The van der Waals surface area contributed by atoms with Gasteiger partial charge in [0.2, 0.25) is 0 Å². The van der Waals surface area contributed by atoms with Crippen molar-refractivity contribution in [3.63, 3.8) is 0 Å². The van der Waals surface area contributed by atoms with Crippen molar-refractivity contribution in [1.29, 1.82) is 0 Å². The van der Waals surface area contributed by atoms with Crippen LogP contribution in [-0.2, 0) is 16.1 Å². The van der Waals surface area contributed by atoms with Crippen LogP contribution in [0.25, 0.3) is 0 Å². The van der Waals surface area contributed by atoms with Crippen LogP contribution in [0.3, 0.4) is 0 Å². The molecule has 1 aromatic rings. The molecule has 0 unspecified atom stereocenters. The second-order valence-electron chi connectivity index (χ2n) is 3.70. The van der Waals surface area contributed by atoms with Gasteiger partial charge in [-0.1, -0.05) is 17.7 Å². The highest BCUT2D eigenvalue weighted by atomic mass is 35.5. The van der Waals surface area contributed by atoms with Gasteiger partial charge in [-0.15, -0.1) is 0 Å². The van der Waals surface area contributed by atoms with Crippen molar-refractivity contribution in [3.05, 3.63) is 28.8 Å². The molecule has 0 aliphatic carbocycles. The summed E-state index contributed by atoms with van der Waals surface area (Å²) in [4.78, 5) is 11.1. The Morgan fingerprint density at radius 3 is 2.83 bits per heavy atom. The average molecular weight is 272 g/mol. The standard InChI is InChI=1S/C13H18ClNO3/c1-3-18-13(16)6-7-15-9-10-4-5-12(17-2)11(14)8-10/h4-5,8,15H,3,6-7,9H2,1-2H3. The molecule has 0 bridgehead atoms. The smallest absolute Gasteiger partial charge is 0.307 e. The Kier molecular flexibility index (Phi) is 6.54. The van der Waals surface area contributed by atoms with Crippen LogP contribution in [0.5, 0.6) is 5.75 Å². The second-order valence-corrected chi connectivity index (χ2v) is 4.11. The van der Waals surface area contributed by atoms with Gasteiger partial charge in [0.05, 0.1) is 25.2 Å². The summed E-state index contributed by atoms with van der Waals surface area (Å²) >= 11 is 6.01. The van der Waals surface area contributed by atoms with Crippen LogP contribution in [0.1, 0.15) is 18.9 Å². The molecular formula is C13H18ClNO3. The first-order chi connectivity index (χ1) is 8.67. The fraction of sp³-hybridized carbons (Fsp3) is 0.462. The summed E-state index contributed by atoms with van der Waals surface area (Å²) in [6.45, 7) is 3.46. The van der Waals surface area contributed by atoms with Gasteiger partial charge in [0.1, 0.15) is 5.75 Å². The molecule has 0 saturated heterocycles. The number of nitrogens with one attached hydrogen (secondary N) is 1. The van der Waals surface area contributed by atoms with E-state index in [4.69, 9.17) is 21.1 Å². The molecule has 0 radical (unpaired) electrons. The van der Waals surface area contributed by atoms with Gasteiger partial charge in [0, 0.05) is 13.1 Å². The average Bonchev–Trinajstić information content (AvgIpc) is 2.35. The van der Waals surface area contributed by atoms with Gasteiger partial charge in [-0.05, 0) is 24.6 Å². The molecule has 0 spiro atoms. The van der Waals surface area contributed by atoms with Crippen LogP contribution in [0, 0.1) is 0 Å². The Labute approximate surface area is 112 Å². The van der Waals surface area contributed by atoms with Crippen molar-refractivity contribution >= 4 is 17.6 Å². The van der Waals surface area contributed by atoms with E-state index in [0.717, 1.165) is 5.56 Å². The topological polar surface area (TPSA) is 47.6 Å². The molecule has 0 heterocycles. The van der Waals surface area contributed by atoms with E-state index in [1.54, 1.807) is 14.0 Å². The Balaban J connectivity index is 2.31. The molecule has 0 aliphatic rings. The maximum atomic E-state index is 11.1. The van der Waals surface area contributed by atoms with Crippen molar-refractivity contribution in [2.75, 3.05) is 20.3 Å². The minimum absolute atomic E-state index is 0.183. The summed E-state index contributed by atoms with van der Waals surface area (Å²) in [5.41, 5.74) is 1.05. The molecule has 1 N–H and O–H groups in total. The monoisotopic (exact) mass is 271 g/mol. The minimum atomic E-state index is -0.183. The van der Waals surface area contributed by atoms with E-state index < -0.39 is 0 Å². The van der Waals surface area contributed by atoms with E-state index in [2.05, 4.69) is 5.32 Å². The molecule has 4 nitrogen and oxygen atoms in total. The Hall–Kier alpha value is -1.26. The van der Waals surface area contributed by atoms with Gasteiger partial charge in [0.15, 0.2) is 0 Å². The Morgan fingerprint density at radius 2 is 2.22 bits per heavy atom. The fourth-order valence-corrected chi connectivity index (χ4v) is 1.76. The third kappa shape index (κ3) is 4.94. The lowest BCUT2D eigenvalue weighted by Crippen LogP contribution is -2.19. The molecule has 5 heteroatoms. The lowest BCUT2D eigenvalue weighted by molar-refractivity contribution is -0.142. The summed E-state index contributed by atoms with van der Waals surface area (Å²) < 4.78 is 9.90. The zero-order valence-corrected chi connectivity index (χ0v) is 11.4. The van der Waals surface area contributed by atoms with Crippen molar-refractivity contribution in [2.24, 2.45) is 0 Å². The second kappa shape index (κ2) is 7.95. The van der Waals surface area contributed by atoms with Gasteiger partial charge in [-0.3, -0.25) is 4.79 Å². The van der Waals surface area contributed by atoms with E-state index in [-0.39, 0.29) is 5.97 Å². The summed E-state index contributed by atoms with van der Waals surface area (Å²) in [6.07, 6.45) is 0.373. The first kappa shape index (κ1) is 14.8. The molecule has 0 saturated carbocycles. The predicted octanol–water partition coefficient (Wildman–Crippen LogP) is 2.39. The zero-order valence-electron chi connectivity index (χ0n) is 10.7. The minimum Gasteiger partial charge on any atom is -0.495 e. The molecule has 0 aromatic heterocycles. The Morgan fingerprint density at radius 1 is 1.44 bits per heavy atom. The molecule has 1 rings (SSSR count). The molecule has 0 aliphatic heterocycles. The van der Waals surface area contributed by atoms with Crippen LogP contribution >= 0.6 is 11.6 Å². The summed E-state index contributed by atoms with van der Waals surface area (Å²) in [5.74, 6) is 0.477. The van der Waals surface area contributed by atoms with Crippen LogP contribution < -0.4 is 10.1 Å². The van der Waals surface area contributed by atoms with Crippen LogP contribution in [0.2, 0.25) is 5.02 Å². The van der Waals surface area contributed by atoms with E-state index >= 15 is 0 Å². The molecule has 18 heavy (non-hydrogen) atoms. The van der Waals surface area contributed by atoms with Crippen molar-refractivity contribution in [3.8, 4) is 5.75 Å². The lowest BCUT2D eigenvalue weighted by Gasteiger charge is -2.07. The lowest BCUT2D eigenvalue weighted by atomic mass is 10.2. The maximum absolute atomic E-state index is 11.1. The van der Waals surface area contributed by atoms with Crippen LogP contribution in [0.15, 0.2) is 18.2 Å². The van der Waals surface area contributed by atoms with E-state index in [9.17, 15) is 4.79 Å². The zero-order chi connectivity index (χ0) is 13.4. The molecule has 0 atom stereocenters. The van der Waals surface area contributed by atoms with E-state index in [1.807, 2.05) is 18.2 Å². The van der Waals surface area contributed by atoms with Gasteiger partial charge in [-0.2, -0.15) is 0 Å². The number of benzene rings is 1. The van der Waals surface area contributed by atoms with Crippen molar-refractivity contribution in [1.82, 2.24) is 5.32 Å². The maximum Gasteiger partial charge on any atom is 0.307 e. The van der Waals surface area contributed by atoms with E-state index in [0.29, 0.717) is 36.9 Å². The first-order valence-electron chi connectivity index (χ1n) is 5.86. The summed E-state index contributed by atoms with van der Waals surface area (Å²) in [6, 6.07) is 5.60. The highest BCUT2D eigenvalue weighted by molar-refractivity contribution is 6.32.